The van der Waals surface area contributed by atoms with Gasteiger partial charge in [-0.25, -0.2) is 4.98 Å². The normalized spacial score (nSPS) is 16.8. The van der Waals surface area contributed by atoms with Gasteiger partial charge in [0.05, 0.1) is 30.5 Å². The minimum Gasteiger partial charge on any atom is -0.328 e. The van der Waals surface area contributed by atoms with E-state index in [0.717, 1.165) is 37.4 Å². The van der Waals surface area contributed by atoms with Crippen LogP contribution in [0.5, 0.6) is 0 Å². The molecular formula is C19H21N5. The molecule has 0 fully saturated rings. The highest BCUT2D eigenvalue weighted by atomic mass is 15.1. The molecule has 4 rings (SSSR count). The summed E-state index contributed by atoms with van der Waals surface area (Å²) in [6.45, 7) is 1.48. The molecule has 1 unspecified atom stereocenters. The molecule has 3 heterocycles. The molecule has 1 aliphatic carbocycles. The van der Waals surface area contributed by atoms with E-state index >= 15 is 0 Å². The minimum absolute atomic E-state index is 0.315. The second kappa shape index (κ2) is 6.93. The fraction of sp³-hybridized carbons (Fsp3) is 0.316. The molecule has 3 aromatic heterocycles. The van der Waals surface area contributed by atoms with E-state index < -0.39 is 0 Å². The average molecular weight is 319 g/mol. The number of pyridine rings is 2. The Morgan fingerprint density at radius 1 is 1.04 bits per heavy atom. The van der Waals surface area contributed by atoms with Gasteiger partial charge in [-0.2, -0.15) is 0 Å². The van der Waals surface area contributed by atoms with Gasteiger partial charge in [0.2, 0.25) is 0 Å². The van der Waals surface area contributed by atoms with Crippen molar-refractivity contribution in [2.24, 2.45) is 0 Å². The molecule has 3 aromatic rings. The maximum atomic E-state index is 4.59. The third-order valence-corrected chi connectivity index (χ3v) is 4.56. The van der Waals surface area contributed by atoms with Crippen LogP contribution < -0.4 is 5.32 Å². The Kier molecular flexibility index (Phi) is 4.34. The van der Waals surface area contributed by atoms with Gasteiger partial charge < -0.3 is 9.88 Å². The summed E-state index contributed by atoms with van der Waals surface area (Å²) in [7, 11) is 0. The van der Waals surface area contributed by atoms with Gasteiger partial charge in [0, 0.05) is 24.8 Å². The standard InChI is InChI=1S/C19H21N5/c1-2-9-20-16(7-1)14-24-12-11-21-18(24)13-23-17-8-3-5-15-6-4-10-22-19(15)17/h1-2,4,6-7,9-12,17,23H,3,5,8,13-14H2. The molecule has 122 valence electrons. The molecule has 0 radical (unpaired) electrons. The molecule has 5 heteroatoms. The molecular weight excluding hydrogens is 298 g/mol. The third-order valence-electron chi connectivity index (χ3n) is 4.56. The van der Waals surface area contributed by atoms with Crippen molar-refractivity contribution in [1.82, 2.24) is 24.8 Å². The lowest BCUT2D eigenvalue weighted by Gasteiger charge is -2.25. The zero-order valence-electron chi connectivity index (χ0n) is 13.6. The molecule has 1 atom stereocenters. The van der Waals surface area contributed by atoms with Gasteiger partial charge in [-0.1, -0.05) is 12.1 Å². The van der Waals surface area contributed by atoms with Crippen molar-refractivity contribution in [3.63, 3.8) is 0 Å². The monoisotopic (exact) mass is 319 g/mol. The molecule has 0 bridgehead atoms. The van der Waals surface area contributed by atoms with Crippen LogP contribution in [0.25, 0.3) is 0 Å². The maximum Gasteiger partial charge on any atom is 0.123 e. The fourth-order valence-electron chi connectivity index (χ4n) is 3.34. The van der Waals surface area contributed by atoms with E-state index in [4.69, 9.17) is 0 Å². The summed E-state index contributed by atoms with van der Waals surface area (Å²) in [6, 6.07) is 10.5. The molecule has 0 aromatic carbocycles. The van der Waals surface area contributed by atoms with E-state index in [0.29, 0.717) is 6.04 Å². The zero-order chi connectivity index (χ0) is 16.2. The van der Waals surface area contributed by atoms with Crippen molar-refractivity contribution in [3.8, 4) is 0 Å². The first-order chi connectivity index (χ1) is 11.9. The van der Waals surface area contributed by atoms with Crippen LogP contribution in [0.2, 0.25) is 0 Å². The van der Waals surface area contributed by atoms with E-state index in [1.54, 1.807) is 0 Å². The number of hydrogen-bond acceptors (Lipinski definition) is 4. The number of nitrogens with zero attached hydrogens (tertiary/aromatic N) is 4. The second-order valence-corrected chi connectivity index (χ2v) is 6.17. The Morgan fingerprint density at radius 2 is 2.00 bits per heavy atom. The van der Waals surface area contributed by atoms with Crippen LogP contribution >= 0.6 is 0 Å². The quantitative estimate of drug-likeness (QED) is 0.785. The van der Waals surface area contributed by atoms with Crippen LogP contribution in [0.1, 0.15) is 41.7 Å². The van der Waals surface area contributed by atoms with Gasteiger partial charge in [0.25, 0.3) is 0 Å². The average Bonchev–Trinajstić information content (AvgIpc) is 3.08. The third kappa shape index (κ3) is 3.21. The van der Waals surface area contributed by atoms with Crippen LogP contribution in [0.15, 0.2) is 55.1 Å². The zero-order valence-corrected chi connectivity index (χ0v) is 13.6. The summed E-state index contributed by atoms with van der Waals surface area (Å²) in [4.78, 5) is 13.5. The van der Waals surface area contributed by atoms with Crippen LogP contribution in [-0.2, 0) is 19.5 Å². The van der Waals surface area contributed by atoms with Crippen molar-refractivity contribution in [2.45, 2.75) is 38.4 Å². The molecule has 24 heavy (non-hydrogen) atoms. The van der Waals surface area contributed by atoms with Gasteiger partial charge in [-0.15, -0.1) is 0 Å². The number of aromatic nitrogens is 4. The van der Waals surface area contributed by atoms with Crippen LogP contribution in [-0.4, -0.2) is 19.5 Å². The van der Waals surface area contributed by atoms with Gasteiger partial charge in [0.1, 0.15) is 5.82 Å². The highest BCUT2D eigenvalue weighted by Crippen LogP contribution is 2.27. The number of imidazole rings is 1. The molecule has 1 aliphatic rings. The van der Waals surface area contributed by atoms with Crippen LogP contribution in [0, 0.1) is 0 Å². The van der Waals surface area contributed by atoms with E-state index in [2.05, 4.69) is 30.9 Å². The molecule has 0 saturated carbocycles. The van der Waals surface area contributed by atoms with Crippen molar-refractivity contribution in [3.05, 3.63) is 77.9 Å². The van der Waals surface area contributed by atoms with E-state index in [1.807, 2.05) is 49.1 Å². The predicted molar refractivity (Wildman–Crippen MR) is 92.3 cm³/mol. The summed E-state index contributed by atoms with van der Waals surface area (Å²) in [5.74, 6) is 1.03. The minimum atomic E-state index is 0.315. The lowest BCUT2D eigenvalue weighted by molar-refractivity contribution is 0.437. The maximum absolute atomic E-state index is 4.59. The van der Waals surface area contributed by atoms with Crippen LogP contribution in [0.4, 0.5) is 0 Å². The lowest BCUT2D eigenvalue weighted by Crippen LogP contribution is -2.27. The molecule has 0 spiro atoms. The number of hydrogen-bond donors (Lipinski definition) is 1. The highest BCUT2D eigenvalue weighted by Gasteiger charge is 2.21. The Balaban J connectivity index is 1.45. The summed E-state index contributed by atoms with van der Waals surface area (Å²) in [5.41, 5.74) is 3.62. The van der Waals surface area contributed by atoms with Crippen molar-refractivity contribution < 1.29 is 0 Å². The Bertz CT molecular complexity index is 796. The van der Waals surface area contributed by atoms with Crippen LogP contribution in [0.3, 0.4) is 0 Å². The lowest BCUT2D eigenvalue weighted by atomic mass is 9.92. The topological polar surface area (TPSA) is 55.6 Å². The smallest absolute Gasteiger partial charge is 0.123 e. The summed E-state index contributed by atoms with van der Waals surface area (Å²) >= 11 is 0. The molecule has 0 saturated heterocycles. The SMILES string of the molecule is c1ccc(Cn2ccnc2CNC2CCCc3cccnc32)nc1. The Labute approximate surface area is 141 Å². The van der Waals surface area contributed by atoms with Gasteiger partial charge in [0.15, 0.2) is 0 Å². The van der Waals surface area contributed by atoms with Crippen molar-refractivity contribution >= 4 is 0 Å². The molecule has 0 aliphatic heterocycles. The van der Waals surface area contributed by atoms with Gasteiger partial charge in [-0.3, -0.25) is 9.97 Å². The Morgan fingerprint density at radius 3 is 2.92 bits per heavy atom. The molecule has 0 amide bonds. The number of rotatable bonds is 5. The van der Waals surface area contributed by atoms with E-state index in [1.165, 1.54) is 17.7 Å². The first-order valence-electron chi connectivity index (χ1n) is 8.47. The molecule has 1 N–H and O–H groups in total. The largest absolute Gasteiger partial charge is 0.328 e. The van der Waals surface area contributed by atoms with E-state index in [9.17, 15) is 0 Å². The first kappa shape index (κ1) is 15.0. The fourth-order valence-corrected chi connectivity index (χ4v) is 3.34. The predicted octanol–water partition coefficient (Wildman–Crippen LogP) is 2.89. The number of nitrogens with one attached hydrogen (secondary N) is 1. The highest BCUT2D eigenvalue weighted by molar-refractivity contribution is 5.25. The summed E-state index contributed by atoms with van der Waals surface area (Å²) < 4.78 is 2.15. The van der Waals surface area contributed by atoms with Gasteiger partial charge in [-0.05, 0) is 43.0 Å². The van der Waals surface area contributed by atoms with Crippen molar-refractivity contribution in [1.29, 1.82) is 0 Å². The second-order valence-electron chi connectivity index (χ2n) is 6.17. The number of aryl methyl sites for hydroxylation is 1. The van der Waals surface area contributed by atoms with Gasteiger partial charge >= 0.3 is 0 Å². The first-order valence-corrected chi connectivity index (χ1v) is 8.47. The van der Waals surface area contributed by atoms with Crippen molar-refractivity contribution in [2.75, 3.05) is 0 Å². The molecule has 5 nitrogen and oxygen atoms in total. The van der Waals surface area contributed by atoms with E-state index in [-0.39, 0.29) is 0 Å². The summed E-state index contributed by atoms with van der Waals surface area (Å²) in [5, 5.41) is 3.64. The summed E-state index contributed by atoms with van der Waals surface area (Å²) in [6.07, 6.45) is 11.1. The number of fused-ring (bicyclic) bond motifs is 1. The Hall–Kier alpha value is -2.53.